The fraction of sp³-hybridized carbons (Fsp3) is 0.0909. The van der Waals surface area contributed by atoms with Gasteiger partial charge in [0.15, 0.2) is 0 Å². The van der Waals surface area contributed by atoms with Crippen molar-refractivity contribution in [2.24, 2.45) is 5.73 Å². The molecule has 2 N–H and O–H groups in total. The van der Waals surface area contributed by atoms with Gasteiger partial charge in [0.05, 0.1) is 9.83 Å². The highest BCUT2D eigenvalue weighted by Crippen LogP contribution is 2.30. The van der Waals surface area contributed by atoms with E-state index in [1.807, 2.05) is 24.3 Å². The monoisotopic (exact) mass is 345 g/mol. The van der Waals surface area contributed by atoms with Gasteiger partial charge in [-0.15, -0.1) is 11.3 Å². The van der Waals surface area contributed by atoms with Crippen LogP contribution >= 0.6 is 43.2 Å². The third-order valence-electron chi connectivity index (χ3n) is 2.11. The van der Waals surface area contributed by atoms with Gasteiger partial charge >= 0.3 is 0 Å². The van der Waals surface area contributed by atoms with E-state index in [-0.39, 0.29) is 6.04 Å². The summed E-state index contributed by atoms with van der Waals surface area (Å²) in [6, 6.07) is 12.1. The molecule has 15 heavy (non-hydrogen) atoms. The molecule has 1 nitrogen and oxygen atoms in total. The normalized spacial score (nSPS) is 12.7. The minimum Gasteiger partial charge on any atom is -0.320 e. The summed E-state index contributed by atoms with van der Waals surface area (Å²) in [5.41, 5.74) is 7.29. The first kappa shape index (κ1) is 11.3. The smallest absolute Gasteiger partial charge is 0.0702 e. The second-order valence-electron chi connectivity index (χ2n) is 3.17. The van der Waals surface area contributed by atoms with E-state index in [4.69, 9.17) is 5.73 Å². The van der Waals surface area contributed by atoms with Crippen LogP contribution in [0.3, 0.4) is 0 Å². The lowest BCUT2D eigenvalue weighted by atomic mass is 10.1. The van der Waals surface area contributed by atoms with Crippen molar-refractivity contribution in [1.82, 2.24) is 0 Å². The highest BCUT2D eigenvalue weighted by Gasteiger charge is 2.10. The summed E-state index contributed by atoms with van der Waals surface area (Å²) < 4.78 is 2.18. The van der Waals surface area contributed by atoms with E-state index in [1.165, 1.54) is 4.88 Å². The molecular formula is C11H9Br2NS. The first-order valence-corrected chi connectivity index (χ1v) is 6.83. The molecule has 0 saturated carbocycles. The molecular weight excluding hydrogens is 338 g/mol. The molecule has 4 heteroatoms. The summed E-state index contributed by atoms with van der Waals surface area (Å²) in [5.74, 6) is 0. The molecule has 1 atom stereocenters. The molecule has 0 aliphatic carbocycles. The number of hydrogen-bond donors (Lipinski definition) is 1. The van der Waals surface area contributed by atoms with Crippen LogP contribution in [0.4, 0.5) is 0 Å². The van der Waals surface area contributed by atoms with Gasteiger partial charge in [0.2, 0.25) is 0 Å². The van der Waals surface area contributed by atoms with Crippen molar-refractivity contribution in [3.8, 4) is 0 Å². The van der Waals surface area contributed by atoms with Crippen molar-refractivity contribution in [1.29, 1.82) is 0 Å². The Balaban J connectivity index is 2.32. The average molecular weight is 347 g/mol. The molecule has 1 heterocycles. The molecule has 1 aromatic carbocycles. The number of benzene rings is 1. The van der Waals surface area contributed by atoms with Crippen LogP contribution in [0.5, 0.6) is 0 Å². The predicted octanol–water partition coefficient (Wildman–Crippen LogP) is 4.32. The molecule has 2 rings (SSSR count). The molecule has 0 bridgehead atoms. The van der Waals surface area contributed by atoms with Crippen LogP contribution in [0.2, 0.25) is 0 Å². The van der Waals surface area contributed by atoms with E-state index in [9.17, 15) is 0 Å². The first-order chi connectivity index (χ1) is 7.16. The minimum atomic E-state index is -0.0428. The Morgan fingerprint density at radius 2 is 1.93 bits per heavy atom. The maximum absolute atomic E-state index is 6.17. The third kappa shape index (κ3) is 2.69. The van der Waals surface area contributed by atoms with Gasteiger partial charge in [0.1, 0.15) is 0 Å². The summed E-state index contributed by atoms with van der Waals surface area (Å²) >= 11 is 8.56. The first-order valence-electron chi connectivity index (χ1n) is 4.43. The van der Waals surface area contributed by atoms with Gasteiger partial charge in [0.25, 0.3) is 0 Å². The van der Waals surface area contributed by atoms with E-state index in [1.54, 1.807) is 11.3 Å². The fourth-order valence-electron chi connectivity index (χ4n) is 1.36. The SMILES string of the molecule is NC(c1cccc(Br)c1)c1ccc(Br)s1. The van der Waals surface area contributed by atoms with Crippen molar-refractivity contribution in [3.63, 3.8) is 0 Å². The van der Waals surface area contributed by atoms with Crippen molar-refractivity contribution in [2.75, 3.05) is 0 Å². The van der Waals surface area contributed by atoms with E-state index in [0.717, 1.165) is 13.8 Å². The summed E-state index contributed by atoms with van der Waals surface area (Å²) in [6.07, 6.45) is 0. The zero-order valence-corrected chi connectivity index (χ0v) is 11.8. The average Bonchev–Trinajstić information content (AvgIpc) is 2.64. The molecule has 1 unspecified atom stereocenters. The van der Waals surface area contributed by atoms with Gasteiger partial charge in [-0.1, -0.05) is 28.1 Å². The van der Waals surface area contributed by atoms with Crippen molar-refractivity contribution >= 4 is 43.2 Å². The molecule has 0 aliphatic rings. The Hall–Kier alpha value is -0.160. The Morgan fingerprint density at radius 1 is 1.13 bits per heavy atom. The lowest BCUT2D eigenvalue weighted by Gasteiger charge is -2.09. The van der Waals surface area contributed by atoms with Gasteiger partial charge in [-0.25, -0.2) is 0 Å². The summed E-state index contributed by atoms with van der Waals surface area (Å²) in [7, 11) is 0. The Labute approximate surface area is 110 Å². The van der Waals surface area contributed by atoms with Crippen LogP contribution in [0.15, 0.2) is 44.7 Å². The van der Waals surface area contributed by atoms with Crippen LogP contribution in [0, 0.1) is 0 Å². The van der Waals surface area contributed by atoms with E-state index >= 15 is 0 Å². The maximum atomic E-state index is 6.17. The standard InChI is InChI=1S/C11H9Br2NS/c12-8-3-1-2-7(6-8)11(14)9-4-5-10(13)15-9/h1-6,11H,14H2. The van der Waals surface area contributed by atoms with Crippen molar-refractivity contribution < 1.29 is 0 Å². The zero-order valence-electron chi connectivity index (χ0n) is 7.78. The molecule has 1 aromatic heterocycles. The Bertz CT molecular complexity index is 467. The quantitative estimate of drug-likeness (QED) is 0.860. The van der Waals surface area contributed by atoms with Gasteiger partial charge in [-0.2, -0.15) is 0 Å². The number of thiophene rings is 1. The third-order valence-corrected chi connectivity index (χ3v) is 4.31. The predicted molar refractivity (Wildman–Crippen MR) is 72.2 cm³/mol. The molecule has 0 radical (unpaired) electrons. The van der Waals surface area contributed by atoms with Crippen LogP contribution in [0.1, 0.15) is 16.5 Å². The van der Waals surface area contributed by atoms with E-state index < -0.39 is 0 Å². The summed E-state index contributed by atoms with van der Waals surface area (Å²) in [5, 5.41) is 0. The molecule has 0 saturated heterocycles. The van der Waals surface area contributed by atoms with Gasteiger partial charge in [0, 0.05) is 9.35 Å². The molecule has 0 aliphatic heterocycles. The van der Waals surface area contributed by atoms with Gasteiger partial charge < -0.3 is 5.73 Å². The lowest BCUT2D eigenvalue weighted by Crippen LogP contribution is -2.09. The highest BCUT2D eigenvalue weighted by molar-refractivity contribution is 9.11. The zero-order chi connectivity index (χ0) is 10.8. The van der Waals surface area contributed by atoms with Crippen LogP contribution in [-0.4, -0.2) is 0 Å². The van der Waals surface area contributed by atoms with E-state index in [2.05, 4.69) is 44.0 Å². The largest absolute Gasteiger partial charge is 0.320 e. The minimum absolute atomic E-state index is 0.0428. The Morgan fingerprint density at radius 3 is 2.53 bits per heavy atom. The molecule has 2 aromatic rings. The maximum Gasteiger partial charge on any atom is 0.0702 e. The number of hydrogen-bond acceptors (Lipinski definition) is 2. The molecule has 0 fully saturated rings. The van der Waals surface area contributed by atoms with Crippen molar-refractivity contribution in [3.05, 3.63) is 55.1 Å². The molecule has 0 spiro atoms. The second kappa shape index (κ2) is 4.78. The molecule has 78 valence electrons. The summed E-state index contributed by atoms with van der Waals surface area (Å²) in [4.78, 5) is 1.17. The number of nitrogens with two attached hydrogens (primary N) is 1. The number of halogens is 2. The van der Waals surface area contributed by atoms with Crippen LogP contribution < -0.4 is 5.73 Å². The Kier molecular flexibility index (Phi) is 3.61. The topological polar surface area (TPSA) is 26.0 Å². The van der Waals surface area contributed by atoms with Crippen LogP contribution in [0.25, 0.3) is 0 Å². The van der Waals surface area contributed by atoms with Crippen molar-refractivity contribution in [2.45, 2.75) is 6.04 Å². The summed E-state index contributed by atoms with van der Waals surface area (Å²) in [6.45, 7) is 0. The van der Waals surface area contributed by atoms with Gasteiger partial charge in [-0.3, -0.25) is 0 Å². The number of rotatable bonds is 2. The fourth-order valence-corrected chi connectivity index (χ4v) is 3.23. The van der Waals surface area contributed by atoms with Gasteiger partial charge in [-0.05, 0) is 45.8 Å². The van der Waals surface area contributed by atoms with E-state index in [0.29, 0.717) is 0 Å². The second-order valence-corrected chi connectivity index (χ2v) is 6.58. The lowest BCUT2D eigenvalue weighted by molar-refractivity contribution is 0.892. The molecule has 0 amide bonds. The highest BCUT2D eigenvalue weighted by atomic mass is 79.9. The van der Waals surface area contributed by atoms with Crippen LogP contribution in [-0.2, 0) is 0 Å².